The Balaban J connectivity index is 0.000000671. The summed E-state index contributed by atoms with van der Waals surface area (Å²) in [6, 6.07) is 1.70. The van der Waals surface area contributed by atoms with Gasteiger partial charge >= 0.3 is 0 Å². The van der Waals surface area contributed by atoms with Gasteiger partial charge in [0.1, 0.15) is 5.69 Å². The first kappa shape index (κ1) is 11.6. The van der Waals surface area contributed by atoms with E-state index >= 15 is 0 Å². The maximum atomic E-state index is 5.12. The summed E-state index contributed by atoms with van der Waals surface area (Å²) in [6.45, 7) is 9.81. The van der Waals surface area contributed by atoms with Crippen molar-refractivity contribution in [3.63, 3.8) is 0 Å². The lowest BCUT2D eigenvalue weighted by Gasteiger charge is -2.01. The van der Waals surface area contributed by atoms with Crippen LogP contribution in [0.5, 0.6) is 5.88 Å². The van der Waals surface area contributed by atoms with Crippen LogP contribution in [0.25, 0.3) is 0 Å². The highest BCUT2D eigenvalue weighted by molar-refractivity contribution is 5.51. The second kappa shape index (κ2) is 7.21. The van der Waals surface area contributed by atoms with E-state index in [-0.39, 0.29) is 0 Å². The van der Waals surface area contributed by atoms with Crippen molar-refractivity contribution < 1.29 is 4.74 Å². The summed E-state index contributed by atoms with van der Waals surface area (Å²) in [6.07, 6.45) is 1.55. The van der Waals surface area contributed by atoms with Gasteiger partial charge in [-0.1, -0.05) is 13.8 Å². The maximum Gasteiger partial charge on any atom is 0.259 e. The van der Waals surface area contributed by atoms with E-state index < -0.39 is 0 Å². The van der Waals surface area contributed by atoms with Crippen molar-refractivity contribution in [1.29, 1.82) is 0 Å². The lowest BCUT2D eigenvalue weighted by molar-refractivity contribution is 0.324. The van der Waals surface area contributed by atoms with Crippen LogP contribution in [-0.4, -0.2) is 23.5 Å². The molecule has 0 bridgehead atoms. The Hall–Kier alpha value is -1.45. The third kappa shape index (κ3) is 3.64. The zero-order valence-corrected chi connectivity index (χ0v) is 8.32. The molecule has 0 saturated carbocycles. The average molecular weight is 181 g/mol. The van der Waals surface area contributed by atoms with Crippen LogP contribution < -0.4 is 4.74 Å². The minimum Gasteiger partial charge on any atom is -0.475 e. The zero-order chi connectivity index (χ0) is 10.1. The first-order chi connectivity index (χ1) is 6.38. The van der Waals surface area contributed by atoms with Gasteiger partial charge in [0.2, 0.25) is 0 Å². The van der Waals surface area contributed by atoms with E-state index in [1.807, 2.05) is 20.8 Å². The summed E-state index contributed by atoms with van der Waals surface area (Å²) in [7, 11) is 0. The van der Waals surface area contributed by atoms with Crippen molar-refractivity contribution in [3.8, 4) is 5.88 Å². The fourth-order valence-corrected chi connectivity index (χ4v) is 0.672. The maximum absolute atomic E-state index is 5.12. The highest BCUT2D eigenvalue weighted by atomic mass is 16.5. The normalized spacial score (nSPS) is 8.23. The molecule has 1 aromatic rings. The SMILES string of the molecule is C=Nc1ccnnc1OCC.CC. The zero-order valence-electron chi connectivity index (χ0n) is 8.32. The van der Waals surface area contributed by atoms with Crippen LogP contribution in [0.3, 0.4) is 0 Å². The van der Waals surface area contributed by atoms with Gasteiger partial charge in [-0.15, -0.1) is 5.10 Å². The fourth-order valence-electron chi connectivity index (χ4n) is 0.672. The third-order valence-corrected chi connectivity index (χ3v) is 1.12. The molecule has 1 rings (SSSR count). The van der Waals surface area contributed by atoms with E-state index in [2.05, 4.69) is 21.9 Å². The Labute approximate surface area is 78.7 Å². The molecule has 0 unspecified atom stereocenters. The highest BCUT2D eigenvalue weighted by Gasteiger charge is 2.00. The first-order valence-electron chi connectivity index (χ1n) is 4.29. The van der Waals surface area contributed by atoms with E-state index in [4.69, 9.17) is 4.74 Å². The topological polar surface area (TPSA) is 47.4 Å². The van der Waals surface area contributed by atoms with Crippen molar-refractivity contribution in [1.82, 2.24) is 10.2 Å². The minimum absolute atomic E-state index is 0.435. The van der Waals surface area contributed by atoms with Crippen molar-refractivity contribution in [3.05, 3.63) is 12.3 Å². The molecule has 0 aliphatic heterocycles. The van der Waals surface area contributed by atoms with E-state index in [1.165, 1.54) is 0 Å². The smallest absolute Gasteiger partial charge is 0.259 e. The number of aliphatic imine (C=N–C) groups is 1. The third-order valence-electron chi connectivity index (χ3n) is 1.12. The molecule has 0 aromatic carbocycles. The molecule has 0 atom stereocenters. The van der Waals surface area contributed by atoms with Gasteiger partial charge < -0.3 is 4.74 Å². The molecule has 1 aromatic heterocycles. The van der Waals surface area contributed by atoms with Crippen molar-refractivity contribution in [2.24, 2.45) is 4.99 Å². The van der Waals surface area contributed by atoms with Gasteiger partial charge in [0.15, 0.2) is 0 Å². The van der Waals surface area contributed by atoms with E-state index in [0.29, 0.717) is 18.2 Å². The van der Waals surface area contributed by atoms with Crippen molar-refractivity contribution >= 4 is 12.4 Å². The lowest BCUT2D eigenvalue weighted by Crippen LogP contribution is -1.95. The summed E-state index contributed by atoms with van der Waals surface area (Å²) in [5, 5.41) is 7.38. The number of rotatable bonds is 3. The molecular weight excluding hydrogens is 166 g/mol. The predicted octanol–water partition coefficient (Wildman–Crippen LogP) is 2.23. The summed E-state index contributed by atoms with van der Waals surface area (Å²) in [5.41, 5.74) is 0.627. The van der Waals surface area contributed by atoms with Gasteiger partial charge in [-0.25, -0.2) is 0 Å². The number of aromatic nitrogens is 2. The minimum atomic E-state index is 0.435. The Morgan fingerprint density at radius 2 is 2.23 bits per heavy atom. The van der Waals surface area contributed by atoms with Crippen LogP contribution in [0, 0.1) is 0 Å². The monoisotopic (exact) mass is 181 g/mol. The van der Waals surface area contributed by atoms with Crippen molar-refractivity contribution in [2.75, 3.05) is 6.61 Å². The van der Waals surface area contributed by atoms with Gasteiger partial charge in [-0.2, -0.15) is 5.10 Å². The molecule has 0 N–H and O–H groups in total. The molecule has 0 aliphatic carbocycles. The van der Waals surface area contributed by atoms with Gasteiger partial charge in [-0.3, -0.25) is 4.99 Å². The molecule has 0 radical (unpaired) electrons. The molecule has 4 heteroatoms. The van der Waals surface area contributed by atoms with Crippen LogP contribution in [-0.2, 0) is 0 Å². The van der Waals surface area contributed by atoms with Gasteiger partial charge in [0.25, 0.3) is 5.88 Å². The van der Waals surface area contributed by atoms with E-state index in [1.54, 1.807) is 12.3 Å². The highest BCUT2D eigenvalue weighted by Crippen LogP contribution is 2.21. The lowest BCUT2D eigenvalue weighted by atomic mass is 10.5. The Morgan fingerprint density at radius 1 is 1.54 bits per heavy atom. The molecule has 0 aliphatic rings. The Bertz CT molecular complexity index is 250. The number of nitrogens with zero attached hydrogens (tertiary/aromatic N) is 3. The molecule has 0 amide bonds. The summed E-state index contributed by atoms with van der Waals surface area (Å²) in [5.74, 6) is 0.435. The standard InChI is InChI=1S/C7H9N3O.C2H6/c1-3-11-7-6(8-2)4-5-9-10-7;1-2/h4-5H,2-3H2,1H3;1-2H3. The molecule has 0 fully saturated rings. The fraction of sp³-hybridized carbons (Fsp3) is 0.444. The van der Waals surface area contributed by atoms with Gasteiger partial charge in [-0.05, 0) is 19.7 Å². The van der Waals surface area contributed by atoms with Crippen LogP contribution in [0.1, 0.15) is 20.8 Å². The quantitative estimate of drug-likeness (QED) is 0.672. The predicted molar refractivity (Wildman–Crippen MR) is 53.8 cm³/mol. The Kier molecular flexibility index (Phi) is 6.41. The number of hydrogen-bond acceptors (Lipinski definition) is 4. The van der Waals surface area contributed by atoms with Gasteiger partial charge in [0.05, 0.1) is 12.8 Å². The molecule has 1 heterocycles. The number of ether oxygens (including phenoxy) is 1. The molecular formula is C9H15N3O. The molecule has 0 saturated heterocycles. The number of hydrogen-bond donors (Lipinski definition) is 0. The molecule has 72 valence electrons. The molecule has 0 spiro atoms. The van der Waals surface area contributed by atoms with Crippen LogP contribution in [0.2, 0.25) is 0 Å². The molecule has 13 heavy (non-hydrogen) atoms. The second-order valence-corrected chi connectivity index (χ2v) is 1.81. The van der Waals surface area contributed by atoms with Crippen LogP contribution in [0.4, 0.5) is 5.69 Å². The summed E-state index contributed by atoms with van der Waals surface area (Å²) >= 11 is 0. The van der Waals surface area contributed by atoms with E-state index in [0.717, 1.165) is 0 Å². The molecule has 4 nitrogen and oxygen atoms in total. The van der Waals surface area contributed by atoms with Crippen molar-refractivity contribution in [2.45, 2.75) is 20.8 Å². The van der Waals surface area contributed by atoms with Gasteiger partial charge in [0, 0.05) is 0 Å². The summed E-state index contributed by atoms with van der Waals surface area (Å²) < 4.78 is 5.12. The largest absolute Gasteiger partial charge is 0.475 e. The van der Waals surface area contributed by atoms with Crippen LogP contribution >= 0.6 is 0 Å². The Morgan fingerprint density at radius 3 is 2.77 bits per heavy atom. The first-order valence-corrected chi connectivity index (χ1v) is 4.29. The summed E-state index contributed by atoms with van der Waals surface area (Å²) in [4.78, 5) is 3.71. The van der Waals surface area contributed by atoms with Crippen LogP contribution in [0.15, 0.2) is 17.3 Å². The second-order valence-electron chi connectivity index (χ2n) is 1.81. The average Bonchev–Trinajstić information content (AvgIpc) is 2.22. The van der Waals surface area contributed by atoms with E-state index in [9.17, 15) is 0 Å².